The van der Waals surface area contributed by atoms with Crippen LogP contribution in [0, 0.1) is 11.3 Å². The van der Waals surface area contributed by atoms with Crippen LogP contribution in [0.1, 0.15) is 19.8 Å². The number of nitrogens with two attached hydrogens (primary N) is 1. The summed E-state index contributed by atoms with van der Waals surface area (Å²) in [6, 6.07) is 0. The van der Waals surface area contributed by atoms with Gasteiger partial charge < -0.3 is 15.2 Å². The second-order valence-corrected chi connectivity index (χ2v) is 4.58. The van der Waals surface area contributed by atoms with Gasteiger partial charge in [-0.3, -0.25) is 10.2 Å². The molecule has 0 aliphatic carbocycles. The van der Waals surface area contributed by atoms with E-state index in [0.29, 0.717) is 18.9 Å². The summed E-state index contributed by atoms with van der Waals surface area (Å²) in [6.45, 7) is 3.99. The molecule has 1 aliphatic rings. The van der Waals surface area contributed by atoms with E-state index in [1.54, 1.807) is 17.0 Å². The average molecular weight is 249 g/mol. The van der Waals surface area contributed by atoms with Gasteiger partial charge in [-0.25, -0.2) is 4.98 Å². The Morgan fingerprint density at radius 1 is 1.67 bits per heavy atom. The van der Waals surface area contributed by atoms with Crippen molar-refractivity contribution < 1.29 is 0 Å². The molecule has 1 fully saturated rings. The first-order chi connectivity index (χ1) is 8.63. The monoisotopic (exact) mass is 249 g/mol. The Hall–Kier alpha value is -1.85. The van der Waals surface area contributed by atoms with E-state index in [1.807, 2.05) is 11.8 Å². The zero-order valence-electron chi connectivity index (χ0n) is 10.6. The Labute approximate surface area is 106 Å². The van der Waals surface area contributed by atoms with Crippen LogP contribution in [0.4, 0.5) is 5.82 Å². The molecule has 0 aromatic carbocycles. The summed E-state index contributed by atoms with van der Waals surface area (Å²) in [5.74, 6) is 0.715. The van der Waals surface area contributed by atoms with Crippen molar-refractivity contribution in [2.45, 2.75) is 26.3 Å². The summed E-state index contributed by atoms with van der Waals surface area (Å²) < 4.78 is 1.64. The number of nitrogens with zero attached hydrogens (tertiary/aromatic N) is 3. The summed E-state index contributed by atoms with van der Waals surface area (Å²) in [5, 5.41) is 7.52. The molecule has 3 N–H and O–H groups in total. The molecule has 1 aromatic heterocycles. The molecule has 1 aliphatic heterocycles. The standard InChI is InChI=1S/C12H19N5O/c1-2-16-7-5-15-11(12(16)18)17-6-3-4-9(8-17)10(13)14/h5,7,9H,2-4,6,8H2,1H3,(H3,13,14). The van der Waals surface area contributed by atoms with Crippen molar-refractivity contribution in [3.63, 3.8) is 0 Å². The Balaban J connectivity index is 2.26. The summed E-state index contributed by atoms with van der Waals surface area (Å²) >= 11 is 0. The lowest BCUT2D eigenvalue weighted by atomic mass is 9.97. The summed E-state index contributed by atoms with van der Waals surface area (Å²) in [6.07, 6.45) is 5.20. The predicted molar refractivity (Wildman–Crippen MR) is 71.0 cm³/mol. The smallest absolute Gasteiger partial charge is 0.293 e. The van der Waals surface area contributed by atoms with Crippen LogP contribution < -0.4 is 16.2 Å². The minimum atomic E-state index is -0.0656. The van der Waals surface area contributed by atoms with Gasteiger partial charge in [0.05, 0.1) is 5.84 Å². The van der Waals surface area contributed by atoms with Crippen LogP contribution in [-0.4, -0.2) is 28.5 Å². The number of anilines is 1. The van der Waals surface area contributed by atoms with Gasteiger partial charge in [0, 0.05) is 37.9 Å². The third kappa shape index (κ3) is 2.37. The molecule has 1 saturated heterocycles. The van der Waals surface area contributed by atoms with Gasteiger partial charge in [-0.15, -0.1) is 0 Å². The van der Waals surface area contributed by atoms with Crippen molar-refractivity contribution in [3.8, 4) is 0 Å². The number of rotatable bonds is 3. The van der Waals surface area contributed by atoms with Gasteiger partial charge in [-0.05, 0) is 19.8 Å². The van der Waals surface area contributed by atoms with Gasteiger partial charge >= 0.3 is 0 Å². The first kappa shape index (κ1) is 12.6. The van der Waals surface area contributed by atoms with E-state index >= 15 is 0 Å². The lowest BCUT2D eigenvalue weighted by Crippen LogP contribution is -2.44. The maximum Gasteiger partial charge on any atom is 0.293 e. The molecule has 0 bridgehead atoms. The topological polar surface area (TPSA) is 88.0 Å². The van der Waals surface area contributed by atoms with Crippen LogP contribution >= 0.6 is 0 Å². The number of amidine groups is 1. The fourth-order valence-corrected chi connectivity index (χ4v) is 2.33. The molecule has 0 amide bonds. The quantitative estimate of drug-likeness (QED) is 0.600. The normalized spacial score (nSPS) is 19.8. The molecule has 6 heteroatoms. The van der Waals surface area contributed by atoms with Crippen molar-refractivity contribution in [2.75, 3.05) is 18.0 Å². The maximum atomic E-state index is 12.1. The van der Waals surface area contributed by atoms with Crippen molar-refractivity contribution in [3.05, 3.63) is 22.7 Å². The van der Waals surface area contributed by atoms with Gasteiger partial charge in [0.2, 0.25) is 0 Å². The van der Waals surface area contributed by atoms with Crippen LogP contribution in [0.25, 0.3) is 0 Å². The van der Waals surface area contributed by atoms with Gasteiger partial charge in [-0.1, -0.05) is 0 Å². The molecule has 6 nitrogen and oxygen atoms in total. The van der Waals surface area contributed by atoms with Crippen LogP contribution in [0.3, 0.4) is 0 Å². The molecular weight excluding hydrogens is 230 g/mol. The Morgan fingerprint density at radius 2 is 2.44 bits per heavy atom. The molecule has 1 unspecified atom stereocenters. The molecule has 98 valence electrons. The number of hydrogen-bond donors (Lipinski definition) is 2. The summed E-state index contributed by atoms with van der Waals surface area (Å²) in [5.41, 5.74) is 5.49. The first-order valence-electron chi connectivity index (χ1n) is 6.27. The van der Waals surface area contributed by atoms with E-state index in [9.17, 15) is 4.79 Å². The molecule has 2 rings (SSSR count). The molecule has 1 atom stereocenters. The molecule has 0 saturated carbocycles. The number of aromatic nitrogens is 2. The third-order valence-electron chi connectivity index (χ3n) is 3.40. The number of nitrogens with one attached hydrogen (secondary N) is 1. The highest BCUT2D eigenvalue weighted by Gasteiger charge is 2.24. The van der Waals surface area contributed by atoms with Gasteiger partial charge in [0.1, 0.15) is 0 Å². The average Bonchev–Trinajstić information content (AvgIpc) is 2.39. The number of piperidine rings is 1. The first-order valence-corrected chi connectivity index (χ1v) is 6.27. The predicted octanol–water partition coefficient (Wildman–Crippen LogP) is 0.416. The van der Waals surface area contributed by atoms with Crippen molar-refractivity contribution in [2.24, 2.45) is 11.7 Å². The minimum Gasteiger partial charge on any atom is -0.387 e. The lowest BCUT2D eigenvalue weighted by Gasteiger charge is -2.32. The Kier molecular flexibility index (Phi) is 3.64. The fraction of sp³-hybridized carbons (Fsp3) is 0.583. The highest BCUT2D eigenvalue weighted by atomic mass is 16.1. The zero-order valence-corrected chi connectivity index (χ0v) is 10.6. The van der Waals surface area contributed by atoms with Crippen LogP contribution in [0.15, 0.2) is 17.2 Å². The second kappa shape index (κ2) is 5.20. The number of hydrogen-bond acceptors (Lipinski definition) is 4. The Morgan fingerprint density at radius 3 is 3.11 bits per heavy atom. The van der Waals surface area contributed by atoms with Gasteiger partial charge in [0.15, 0.2) is 5.82 Å². The van der Waals surface area contributed by atoms with Crippen molar-refractivity contribution >= 4 is 11.7 Å². The van der Waals surface area contributed by atoms with Crippen molar-refractivity contribution in [1.29, 1.82) is 5.41 Å². The second-order valence-electron chi connectivity index (χ2n) is 4.58. The van der Waals surface area contributed by atoms with Crippen molar-refractivity contribution in [1.82, 2.24) is 9.55 Å². The molecular formula is C12H19N5O. The third-order valence-corrected chi connectivity index (χ3v) is 3.40. The Bertz CT molecular complexity index is 495. The minimum absolute atomic E-state index is 0.0373. The molecule has 2 heterocycles. The van der Waals surface area contributed by atoms with E-state index in [-0.39, 0.29) is 17.3 Å². The summed E-state index contributed by atoms with van der Waals surface area (Å²) in [4.78, 5) is 18.3. The fourth-order valence-electron chi connectivity index (χ4n) is 2.33. The lowest BCUT2D eigenvalue weighted by molar-refractivity contribution is 0.497. The van der Waals surface area contributed by atoms with Gasteiger partial charge in [-0.2, -0.15) is 0 Å². The number of aryl methyl sites for hydroxylation is 1. The molecule has 1 aromatic rings. The molecule has 18 heavy (non-hydrogen) atoms. The van der Waals surface area contributed by atoms with E-state index in [4.69, 9.17) is 11.1 Å². The van der Waals surface area contributed by atoms with E-state index < -0.39 is 0 Å². The van der Waals surface area contributed by atoms with Gasteiger partial charge in [0.25, 0.3) is 5.56 Å². The van der Waals surface area contributed by atoms with Crippen LogP contribution in [-0.2, 0) is 6.54 Å². The highest BCUT2D eigenvalue weighted by Crippen LogP contribution is 2.19. The zero-order chi connectivity index (χ0) is 13.1. The van der Waals surface area contributed by atoms with E-state index in [2.05, 4.69) is 4.98 Å². The van der Waals surface area contributed by atoms with E-state index in [0.717, 1.165) is 19.4 Å². The summed E-state index contributed by atoms with van der Waals surface area (Å²) in [7, 11) is 0. The molecule has 0 radical (unpaired) electrons. The van der Waals surface area contributed by atoms with Crippen LogP contribution in [0.2, 0.25) is 0 Å². The highest BCUT2D eigenvalue weighted by molar-refractivity contribution is 5.80. The van der Waals surface area contributed by atoms with E-state index in [1.165, 1.54) is 0 Å². The maximum absolute atomic E-state index is 12.1. The molecule has 0 spiro atoms. The largest absolute Gasteiger partial charge is 0.387 e. The SMILES string of the molecule is CCn1ccnc(N2CCCC(C(=N)N)C2)c1=O. The van der Waals surface area contributed by atoms with Crippen LogP contribution in [0.5, 0.6) is 0 Å².